The van der Waals surface area contributed by atoms with Gasteiger partial charge in [-0.3, -0.25) is 0 Å². The summed E-state index contributed by atoms with van der Waals surface area (Å²) in [5, 5.41) is 4.91. The molecule has 102 valence electrons. The lowest BCUT2D eigenvalue weighted by Crippen LogP contribution is -2.11. The lowest BCUT2D eigenvalue weighted by molar-refractivity contribution is 0.622. The predicted molar refractivity (Wildman–Crippen MR) is 83.4 cm³/mol. The van der Waals surface area contributed by atoms with Crippen LogP contribution in [-0.2, 0) is 0 Å². The fourth-order valence-corrected chi connectivity index (χ4v) is 6.34. The molecule has 0 aliphatic carbocycles. The molecule has 0 radical (unpaired) electrons. The van der Waals surface area contributed by atoms with Gasteiger partial charge in [0.1, 0.15) is 0 Å². The molecule has 0 saturated carbocycles. The van der Waals surface area contributed by atoms with Crippen LogP contribution in [0.15, 0.2) is 0 Å². The monoisotopic (exact) mass is 254 g/mol. The highest BCUT2D eigenvalue weighted by atomic mass is 27.2. The van der Waals surface area contributed by atoms with Gasteiger partial charge in [-0.05, 0) is 0 Å². The molecule has 0 aromatic carbocycles. The van der Waals surface area contributed by atoms with Crippen molar-refractivity contribution >= 4 is 14.1 Å². The fraction of sp³-hybridized carbons (Fsp3) is 1.00. The molecule has 0 rings (SSSR count). The minimum absolute atomic E-state index is 0.328. The summed E-state index contributed by atoms with van der Waals surface area (Å²) in [5.41, 5.74) is 0. The Morgan fingerprint density at radius 2 is 0.882 bits per heavy atom. The molecule has 17 heavy (non-hydrogen) atoms. The van der Waals surface area contributed by atoms with E-state index >= 15 is 0 Å². The second-order valence-corrected chi connectivity index (χ2v) is 9.17. The molecule has 0 bridgehead atoms. The molecule has 0 nitrogen and oxygen atoms in total. The van der Waals surface area contributed by atoms with E-state index in [1.807, 2.05) is 0 Å². The summed E-state index contributed by atoms with van der Waals surface area (Å²) < 4.78 is 0. The van der Waals surface area contributed by atoms with Crippen LogP contribution >= 0.6 is 0 Å². The van der Waals surface area contributed by atoms with Crippen LogP contribution in [0.25, 0.3) is 0 Å². The van der Waals surface area contributed by atoms with Gasteiger partial charge in [0.25, 0.3) is 14.1 Å². The van der Waals surface area contributed by atoms with E-state index in [9.17, 15) is 0 Å². The smallest absolute Gasteiger partial charge is 0.0939 e. The highest BCUT2D eigenvalue weighted by molar-refractivity contribution is 6.58. The number of hydrogen-bond donors (Lipinski definition) is 0. The number of rotatable bonds is 13. The van der Waals surface area contributed by atoms with E-state index in [2.05, 4.69) is 20.8 Å². The Bertz CT molecular complexity index is 125. The van der Waals surface area contributed by atoms with Crippen LogP contribution in [0, 0.1) is 0 Å². The van der Waals surface area contributed by atoms with E-state index in [0.717, 1.165) is 0 Å². The maximum Gasteiger partial charge on any atom is 0.261 e. The first-order chi connectivity index (χ1) is 8.35. The van der Waals surface area contributed by atoms with E-state index in [1.54, 1.807) is 22.3 Å². The Balaban J connectivity index is 3.45. The first-order valence-electron chi connectivity index (χ1n) is 8.35. The van der Waals surface area contributed by atoms with Gasteiger partial charge in [0.15, 0.2) is 0 Å². The number of hydrogen-bond acceptors (Lipinski definition) is 0. The lowest BCUT2D eigenvalue weighted by Gasteiger charge is -2.10. The van der Waals surface area contributed by atoms with Gasteiger partial charge in [-0.1, -0.05) is 101 Å². The SMILES string of the molecule is CCCCCCC[CH2][Al]([CH2]CCC)[CH2]CCC. The van der Waals surface area contributed by atoms with E-state index in [1.165, 1.54) is 57.8 Å². The number of unbranched alkanes of at least 4 members (excludes halogenated alkanes) is 7. The minimum atomic E-state index is -0.328. The fourth-order valence-electron chi connectivity index (χ4n) is 2.63. The Morgan fingerprint density at radius 1 is 0.471 bits per heavy atom. The summed E-state index contributed by atoms with van der Waals surface area (Å²) in [6.45, 7) is 6.99. The normalized spacial score (nSPS) is 10.8. The zero-order valence-electron chi connectivity index (χ0n) is 12.8. The van der Waals surface area contributed by atoms with Crippen molar-refractivity contribution in [3.63, 3.8) is 0 Å². The van der Waals surface area contributed by atoms with Gasteiger partial charge >= 0.3 is 0 Å². The molecule has 0 N–H and O–H groups in total. The van der Waals surface area contributed by atoms with Gasteiger partial charge in [-0.25, -0.2) is 0 Å². The highest BCUT2D eigenvalue weighted by Gasteiger charge is 2.14. The van der Waals surface area contributed by atoms with Crippen LogP contribution in [0.1, 0.15) is 85.0 Å². The van der Waals surface area contributed by atoms with Gasteiger partial charge in [0.2, 0.25) is 0 Å². The summed E-state index contributed by atoms with van der Waals surface area (Å²) in [6.07, 6.45) is 14.7. The third-order valence-electron chi connectivity index (χ3n) is 3.90. The van der Waals surface area contributed by atoms with Crippen molar-refractivity contribution in [2.24, 2.45) is 0 Å². The van der Waals surface area contributed by atoms with Gasteiger partial charge in [0, 0.05) is 0 Å². The van der Waals surface area contributed by atoms with Crippen LogP contribution in [0.4, 0.5) is 0 Å². The summed E-state index contributed by atoms with van der Waals surface area (Å²) in [6, 6.07) is 0. The summed E-state index contributed by atoms with van der Waals surface area (Å²) in [5.74, 6) is 0. The molecule has 0 heterocycles. The van der Waals surface area contributed by atoms with Crippen LogP contribution in [-0.4, -0.2) is 14.1 Å². The van der Waals surface area contributed by atoms with E-state index in [-0.39, 0.29) is 14.1 Å². The molecule has 0 unspecified atom stereocenters. The van der Waals surface area contributed by atoms with Crippen molar-refractivity contribution in [3.8, 4) is 0 Å². The van der Waals surface area contributed by atoms with Crippen molar-refractivity contribution < 1.29 is 0 Å². The van der Waals surface area contributed by atoms with Gasteiger partial charge in [-0.2, -0.15) is 0 Å². The maximum atomic E-state index is 2.34. The second kappa shape index (κ2) is 14.6. The average molecular weight is 254 g/mol. The molecule has 0 spiro atoms. The quantitative estimate of drug-likeness (QED) is 0.262. The van der Waals surface area contributed by atoms with Gasteiger partial charge < -0.3 is 0 Å². The molecule has 0 fully saturated rings. The molecule has 0 aliphatic heterocycles. The Labute approximate surface area is 115 Å². The molecule has 0 atom stereocenters. The molecular formula is C16H35Al. The zero-order chi connectivity index (χ0) is 12.8. The van der Waals surface area contributed by atoms with Gasteiger partial charge in [0.05, 0.1) is 0 Å². The molecule has 1 heteroatoms. The highest BCUT2D eigenvalue weighted by Crippen LogP contribution is 2.17. The minimum Gasteiger partial charge on any atom is -0.0939 e. The van der Waals surface area contributed by atoms with Crippen molar-refractivity contribution in [1.29, 1.82) is 0 Å². The molecule has 0 saturated heterocycles. The molecule has 0 amide bonds. The van der Waals surface area contributed by atoms with E-state index in [0.29, 0.717) is 0 Å². The first-order valence-corrected chi connectivity index (χ1v) is 10.8. The van der Waals surface area contributed by atoms with Crippen LogP contribution < -0.4 is 0 Å². The predicted octanol–water partition coefficient (Wildman–Crippen LogP) is 6.44. The van der Waals surface area contributed by atoms with Gasteiger partial charge in [-0.15, -0.1) is 0 Å². The Morgan fingerprint density at radius 3 is 1.41 bits per heavy atom. The summed E-state index contributed by atoms with van der Waals surface area (Å²) >= 11 is -0.328. The van der Waals surface area contributed by atoms with Crippen molar-refractivity contribution in [2.75, 3.05) is 0 Å². The zero-order valence-corrected chi connectivity index (χ0v) is 13.9. The van der Waals surface area contributed by atoms with Crippen molar-refractivity contribution in [2.45, 2.75) is 101 Å². The Hall–Kier alpha value is 0.532. The molecule has 0 aliphatic rings. The van der Waals surface area contributed by atoms with Crippen molar-refractivity contribution in [1.82, 2.24) is 0 Å². The second-order valence-electron chi connectivity index (χ2n) is 5.71. The first kappa shape index (κ1) is 17.5. The summed E-state index contributed by atoms with van der Waals surface area (Å²) in [4.78, 5) is 0. The van der Waals surface area contributed by atoms with Crippen LogP contribution in [0.5, 0.6) is 0 Å². The van der Waals surface area contributed by atoms with E-state index in [4.69, 9.17) is 0 Å². The third-order valence-corrected chi connectivity index (χ3v) is 7.57. The third kappa shape index (κ3) is 12.8. The van der Waals surface area contributed by atoms with E-state index < -0.39 is 0 Å². The largest absolute Gasteiger partial charge is 0.261 e. The van der Waals surface area contributed by atoms with Crippen LogP contribution in [0.3, 0.4) is 0 Å². The summed E-state index contributed by atoms with van der Waals surface area (Å²) in [7, 11) is 0. The average Bonchev–Trinajstić information content (AvgIpc) is 2.35. The maximum absolute atomic E-state index is 2.34. The van der Waals surface area contributed by atoms with Crippen molar-refractivity contribution in [3.05, 3.63) is 0 Å². The van der Waals surface area contributed by atoms with Crippen LogP contribution in [0.2, 0.25) is 15.8 Å². The molecular weight excluding hydrogens is 219 g/mol. The topological polar surface area (TPSA) is 0 Å². The lowest BCUT2D eigenvalue weighted by atomic mass is 10.1. The molecule has 0 aromatic heterocycles. The molecule has 0 aromatic rings. The Kier molecular flexibility index (Phi) is 15.1. The standard InChI is InChI=1S/C8H17.2C4H9.Al/c1-3-5-7-8-6-4-2;2*1-3-4-2;/h1,3-8H2,2H3;2*1,3-4H2,2H3;.